The second kappa shape index (κ2) is 7.74. The van der Waals surface area contributed by atoms with E-state index in [4.69, 9.17) is 10.5 Å². The van der Waals surface area contributed by atoms with Crippen molar-refractivity contribution >= 4 is 5.91 Å². The molecule has 0 bridgehead atoms. The number of nitrogens with one attached hydrogen (secondary N) is 1. The van der Waals surface area contributed by atoms with E-state index in [2.05, 4.69) is 19.2 Å². The third-order valence-corrected chi connectivity index (χ3v) is 2.63. The minimum atomic E-state index is -0.502. The third-order valence-electron chi connectivity index (χ3n) is 2.63. The number of halogens is 1. The third kappa shape index (κ3) is 5.70. The number of carbonyl (C=O) groups excluding carboxylic acids is 1. The topological polar surface area (TPSA) is 64.3 Å². The monoisotopic (exact) mass is 268 g/mol. The van der Waals surface area contributed by atoms with Crippen LogP contribution in [0.3, 0.4) is 0 Å². The van der Waals surface area contributed by atoms with E-state index in [-0.39, 0.29) is 24.8 Å². The molecule has 1 amide bonds. The molecule has 0 unspecified atom stereocenters. The molecule has 3 N–H and O–H groups in total. The highest BCUT2D eigenvalue weighted by Gasteiger charge is 2.07. The maximum Gasteiger partial charge on any atom is 0.257 e. The first-order valence-corrected chi connectivity index (χ1v) is 6.41. The average Bonchev–Trinajstić information content (AvgIpc) is 2.36. The molecule has 1 aromatic carbocycles. The lowest BCUT2D eigenvalue weighted by Gasteiger charge is -2.09. The summed E-state index contributed by atoms with van der Waals surface area (Å²) in [6, 6.07) is 4.47. The lowest BCUT2D eigenvalue weighted by molar-refractivity contribution is -0.123. The van der Waals surface area contributed by atoms with E-state index >= 15 is 0 Å². The van der Waals surface area contributed by atoms with Crippen molar-refractivity contribution in [3.05, 3.63) is 29.6 Å². The van der Waals surface area contributed by atoms with E-state index in [9.17, 15) is 9.18 Å². The number of ether oxygens (including phenoxy) is 1. The van der Waals surface area contributed by atoms with Crippen molar-refractivity contribution in [3.63, 3.8) is 0 Å². The van der Waals surface area contributed by atoms with Crippen LogP contribution in [0.4, 0.5) is 4.39 Å². The van der Waals surface area contributed by atoms with E-state index in [0.29, 0.717) is 18.0 Å². The zero-order chi connectivity index (χ0) is 14.3. The maximum absolute atomic E-state index is 13.5. The molecule has 1 aromatic rings. The number of carbonyl (C=O) groups is 1. The smallest absolute Gasteiger partial charge is 0.257 e. The fraction of sp³-hybridized carbons (Fsp3) is 0.500. The molecule has 0 spiro atoms. The molecule has 0 aliphatic rings. The summed E-state index contributed by atoms with van der Waals surface area (Å²) in [5.41, 5.74) is 6.08. The molecule has 4 nitrogen and oxygen atoms in total. The minimum Gasteiger partial charge on any atom is -0.481 e. The van der Waals surface area contributed by atoms with Crippen molar-refractivity contribution in [1.82, 2.24) is 5.32 Å². The Kier molecular flexibility index (Phi) is 6.29. The van der Waals surface area contributed by atoms with Gasteiger partial charge in [-0.1, -0.05) is 19.9 Å². The van der Waals surface area contributed by atoms with Crippen molar-refractivity contribution in [1.29, 1.82) is 0 Å². The van der Waals surface area contributed by atoms with Gasteiger partial charge >= 0.3 is 0 Å². The van der Waals surface area contributed by atoms with Gasteiger partial charge in [0.15, 0.2) is 18.2 Å². The number of nitrogens with two attached hydrogens (primary N) is 1. The van der Waals surface area contributed by atoms with Crippen molar-refractivity contribution < 1.29 is 13.9 Å². The summed E-state index contributed by atoms with van der Waals surface area (Å²) in [4.78, 5) is 11.5. The number of hydrogen-bond donors (Lipinski definition) is 2. The van der Waals surface area contributed by atoms with Crippen LogP contribution in [-0.2, 0) is 11.3 Å². The van der Waals surface area contributed by atoms with Gasteiger partial charge in [-0.05, 0) is 30.0 Å². The molecule has 0 atom stereocenters. The largest absolute Gasteiger partial charge is 0.481 e. The van der Waals surface area contributed by atoms with Crippen LogP contribution in [0.1, 0.15) is 25.8 Å². The highest BCUT2D eigenvalue weighted by Crippen LogP contribution is 2.17. The Balaban J connectivity index is 2.37. The van der Waals surface area contributed by atoms with E-state index in [1.165, 1.54) is 12.1 Å². The van der Waals surface area contributed by atoms with Crippen LogP contribution >= 0.6 is 0 Å². The lowest BCUT2D eigenvalue weighted by Crippen LogP contribution is -2.30. The van der Waals surface area contributed by atoms with Gasteiger partial charge in [-0.2, -0.15) is 0 Å². The molecule has 0 fully saturated rings. The van der Waals surface area contributed by atoms with Crippen LogP contribution in [0, 0.1) is 11.7 Å². The van der Waals surface area contributed by atoms with E-state index in [1.807, 2.05) is 0 Å². The SMILES string of the molecule is CC(C)CCNC(=O)COc1ccc(CN)cc1F. The average molecular weight is 268 g/mol. The molecule has 0 heterocycles. The first-order chi connectivity index (χ1) is 9.02. The standard InChI is InChI=1S/C14H21FN2O2/c1-10(2)5-6-17-14(18)9-19-13-4-3-11(8-16)7-12(13)15/h3-4,7,10H,5-6,8-9,16H2,1-2H3,(H,17,18). The molecule has 1 rings (SSSR count). The van der Waals surface area contributed by atoms with Crippen molar-refractivity contribution in [2.45, 2.75) is 26.8 Å². The van der Waals surface area contributed by atoms with Gasteiger partial charge < -0.3 is 15.8 Å². The predicted octanol–water partition coefficient (Wildman–Crippen LogP) is 1.83. The van der Waals surface area contributed by atoms with E-state index < -0.39 is 5.82 Å². The molecule has 19 heavy (non-hydrogen) atoms. The Morgan fingerprint density at radius 1 is 1.47 bits per heavy atom. The van der Waals surface area contributed by atoms with Gasteiger partial charge in [-0.25, -0.2) is 4.39 Å². The summed E-state index contributed by atoms with van der Waals surface area (Å²) in [7, 11) is 0. The minimum absolute atomic E-state index is 0.0659. The Bertz CT molecular complexity index is 422. The number of amides is 1. The summed E-state index contributed by atoms with van der Waals surface area (Å²) in [5.74, 6) is -0.153. The van der Waals surface area contributed by atoms with Gasteiger partial charge in [0.1, 0.15) is 0 Å². The quantitative estimate of drug-likeness (QED) is 0.793. The molecule has 0 radical (unpaired) electrons. The molecule has 106 valence electrons. The highest BCUT2D eigenvalue weighted by atomic mass is 19.1. The van der Waals surface area contributed by atoms with Crippen LogP contribution in [-0.4, -0.2) is 19.1 Å². The summed E-state index contributed by atoms with van der Waals surface area (Å²) in [5, 5.41) is 2.72. The van der Waals surface area contributed by atoms with Gasteiger partial charge in [0, 0.05) is 13.1 Å². The van der Waals surface area contributed by atoms with Gasteiger partial charge in [0.05, 0.1) is 0 Å². The van der Waals surface area contributed by atoms with Crippen LogP contribution in [0.2, 0.25) is 0 Å². The van der Waals surface area contributed by atoms with Gasteiger partial charge in [-0.15, -0.1) is 0 Å². The Hall–Kier alpha value is -1.62. The summed E-state index contributed by atoms with van der Waals surface area (Å²) in [6.07, 6.45) is 0.908. The Morgan fingerprint density at radius 2 is 2.21 bits per heavy atom. The molecule has 5 heteroatoms. The second-order valence-electron chi connectivity index (χ2n) is 4.79. The number of hydrogen-bond acceptors (Lipinski definition) is 3. The molecular weight excluding hydrogens is 247 g/mol. The van der Waals surface area contributed by atoms with Crippen LogP contribution in [0.5, 0.6) is 5.75 Å². The zero-order valence-electron chi connectivity index (χ0n) is 11.4. The van der Waals surface area contributed by atoms with E-state index in [1.54, 1.807) is 6.07 Å². The van der Waals surface area contributed by atoms with Crippen molar-refractivity contribution in [3.8, 4) is 5.75 Å². The summed E-state index contributed by atoms with van der Waals surface area (Å²) >= 11 is 0. The second-order valence-corrected chi connectivity index (χ2v) is 4.79. The lowest BCUT2D eigenvalue weighted by atomic mass is 10.1. The molecule has 0 saturated heterocycles. The molecular formula is C14H21FN2O2. The Morgan fingerprint density at radius 3 is 2.79 bits per heavy atom. The summed E-state index contributed by atoms with van der Waals surface area (Å²) < 4.78 is 18.7. The van der Waals surface area contributed by atoms with Crippen molar-refractivity contribution in [2.24, 2.45) is 11.7 Å². The maximum atomic E-state index is 13.5. The first kappa shape index (κ1) is 15.4. The van der Waals surface area contributed by atoms with Gasteiger partial charge in [0.2, 0.25) is 0 Å². The number of rotatable bonds is 7. The van der Waals surface area contributed by atoms with E-state index in [0.717, 1.165) is 6.42 Å². The molecule has 0 aromatic heterocycles. The van der Waals surface area contributed by atoms with Gasteiger partial charge in [-0.3, -0.25) is 4.79 Å². The van der Waals surface area contributed by atoms with Crippen LogP contribution < -0.4 is 15.8 Å². The zero-order valence-corrected chi connectivity index (χ0v) is 11.4. The Labute approximate surface area is 113 Å². The number of benzene rings is 1. The highest BCUT2D eigenvalue weighted by molar-refractivity contribution is 5.77. The molecule has 0 aliphatic heterocycles. The summed E-state index contributed by atoms with van der Waals surface area (Å²) in [6.45, 7) is 4.85. The first-order valence-electron chi connectivity index (χ1n) is 6.41. The van der Waals surface area contributed by atoms with Crippen molar-refractivity contribution in [2.75, 3.05) is 13.2 Å². The fourth-order valence-electron chi connectivity index (χ4n) is 1.48. The van der Waals surface area contributed by atoms with Crippen LogP contribution in [0.25, 0.3) is 0 Å². The van der Waals surface area contributed by atoms with Crippen LogP contribution in [0.15, 0.2) is 18.2 Å². The normalized spacial score (nSPS) is 10.6. The predicted molar refractivity (Wildman–Crippen MR) is 72.3 cm³/mol. The molecule has 0 saturated carbocycles. The fourth-order valence-corrected chi connectivity index (χ4v) is 1.48. The van der Waals surface area contributed by atoms with Gasteiger partial charge in [0.25, 0.3) is 5.91 Å². The molecule has 0 aliphatic carbocycles.